The molecule has 0 radical (unpaired) electrons. The van der Waals surface area contributed by atoms with Crippen molar-refractivity contribution in [3.63, 3.8) is 0 Å². The van der Waals surface area contributed by atoms with Gasteiger partial charge in [0.25, 0.3) is 5.91 Å². The van der Waals surface area contributed by atoms with Gasteiger partial charge in [-0.2, -0.15) is 0 Å². The molecular weight excluding hydrogens is 349 g/mol. The number of aliphatic hydroxyl groups excluding tert-OH is 1. The van der Waals surface area contributed by atoms with E-state index in [-0.39, 0.29) is 18.2 Å². The molecular formula is C18H20F3N2O3+. The SMILES string of the molecule is C[NH+](CC(=O)Nc1ccc(OC(F)(F)F)cc1)C[C@@H](O)c1ccccc1. The number of hydrogen-bond acceptors (Lipinski definition) is 3. The van der Waals surface area contributed by atoms with Crippen molar-refractivity contribution in [3.8, 4) is 5.75 Å². The minimum absolute atomic E-state index is 0.102. The molecule has 0 bridgehead atoms. The normalized spacial score (nSPS) is 13.7. The third-order valence-corrected chi connectivity index (χ3v) is 3.56. The van der Waals surface area contributed by atoms with Crippen LogP contribution in [0.1, 0.15) is 11.7 Å². The van der Waals surface area contributed by atoms with E-state index in [4.69, 9.17) is 0 Å². The van der Waals surface area contributed by atoms with Gasteiger partial charge in [0.1, 0.15) is 18.4 Å². The molecule has 2 atom stereocenters. The Balaban J connectivity index is 1.82. The molecule has 26 heavy (non-hydrogen) atoms. The van der Waals surface area contributed by atoms with Gasteiger partial charge in [-0.15, -0.1) is 13.2 Å². The Labute approximate surface area is 149 Å². The molecule has 0 saturated heterocycles. The van der Waals surface area contributed by atoms with Gasteiger partial charge in [0.2, 0.25) is 0 Å². The summed E-state index contributed by atoms with van der Waals surface area (Å²) in [6.07, 6.45) is -5.45. The van der Waals surface area contributed by atoms with E-state index >= 15 is 0 Å². The fourth-order valence-electron chi connectivity index (χ4n) is 2.41. The fraction of sp³-hybridized carbons (Fsp3) is 0.278. The van der Waals surface area contributed by atoms with E-state index in [0.717, 1.165) is 22.6 Å². The van der Waals surface area contributed by atoms with Crippen LogP contribution >= 0.6 is 0 Å². The molecule has 0 spiro atoms. The van der Waals surface area contributed by atoms with Crippen LogP contribution in [0.5, 0.6) is 5.75 Å². The number of carbonyl (C=O) groups is 1. The average molecular weight is 369 g/mol. The van der Waals surface area contributed by atoms with Gasteiger partial charge >= 0.3 is 6.36 Å². The van der Waals surface area contributed by atoms with Crippen LogP contribution in [-0.4, -0.2) is 37.5 Å². The van der Waals surface area contributed by atoms with Gasteiger partial charge in [-0.3, -0.25) is 4.79 Å². The molecule has 0 aliphatic carbocycles. The fourth-order valence-corrected chi connectivity index (χ4v) is 2.41. The molecule has 8 heteroatoms. The average Bonchev–Trinajstić information content (AvgIpc) is 2.56. The first-order chi connectivity index (χ1) is 12.2. The highest BCUT2D eigenvalue weighted by molar-refractivity contribution is 5.91. The van der Waals surface area contributed by atoms with Crippen molar-refractivity contribution in [2.75, 3.05) is 25.5 Å². The second-order valence-corrected chi connectivity index (χ2v) is 5.88. The number of amides is 1. The van der Waals surface area contributed by atoms with Crippen molar-refractivity contribution in [1.29, 1.82) is 0 Å². The summed E-state index contributed by atoms with van der Waals surface area (Å²) in [6, 6.07) is 14.0. The van der Waals surface area contributed by atoms with Gasteiger partial charge < -0.3 is 20.1 Å². The molecule has 0 fully saturated rings. The number of quaternary nitrogens is 1. The largest absolute Gasteiger partial charge is 0.573 e. The summed E-state index contributed by atoms with van der Waals surface area (Å²) in [7, 11) is 1.77. The Morgan fingerprint density at radius 2 is 1.77 bits per heavy atom. The zero-order valence-corrected chi connectivity index (χ0v) is 14.1. The van der Waals surface area contributed by atoms with Gasteiger partial charge in [0.05, 0.1) is 7.05 Å². The van der Waals surface area contributed by atoms with Gasteiger partial charge in [-0.05, 0) is 29.8 Å². The van der Waals surface area contributed by atoms with Crippen LogP contribution in [0.2, 0.25) is 0 Å². The lowest BCUT2D eigenvalue weighted by Crippen LogP contribution is -3.10. The summed E-state index contributed by atoms with van der Waals surface area (Å²) < 4.78 is 40.1. The smallest absolute Gasteiger partial charge is 0.406 e. The zero-order chi connectivity index (χ0) is 19.2. The number of aliphatic hydroxyl groups is 1. The molecule has 0 saturated carbocycles. The summed E-state index contributed by atoms with van der Waals surface area (Å²) >= 11 is 0. The van der Waals surface area contributed by atoms with Gasteiger partial charge in [-0.1, -0.05) is 30.3 Å². The number of likely N-dealkylation sites (N-methyl/N-ethyl adjacent to an activating group) is 1. The Morgan fingerprint density at radius 3 is 2.35 bits per heavy atom. The van der Waals surface area contributed by atoms with Crippen LogP contribution in [0.25, 0.3) is 0 Å². The quantitative estimate of drug-likeness (QED) is 0.697. The van der Waals surface area contributed by atoms with Crippen LogP contribution in [0.3, 0.4) is 0 Å². The molecule has 2 aromatic carbocycles. The van der Waals surface area contributed by atoms with Crippen LogP contribution < -0.4 is 15.0 Å². The lowest BCUT2D eigenvalue weighted by Gasteiger charge is -2.18. The summed E-state index contributed by atoms with van der Waals surface area (Å²) in [6.45, 7) is 0.445. The molecule has 2 rings (SSSR count). The summed E-state index contributed by atoms with van der Waals surface area (Å²) in [5, 5.41) is 12.8. The maximum atomic E-state index is 12.1. The molecule has 2 aromatic rings. The van der Waals surface area contributed by atoms with E-state index in [1.54, 1.807) is 7.05 Å². The number of benzene rings is 2. The Morgan fingerprint density at radius 1 is 1.15 bits per heavy atom. The van der Waals surface area contributed by atoms with Gasteiger partial charge in [0, 0.05) is 5.69 Å². The van der Waals surface area contributed by atoms with Crippen LogP contribution in [-0.2, 0) is 4.79 Å². The summed E-state index contributed by atoms with van der Waals surface area (Å²) in [4.78, 5) is 12.8. The Kier molecular flexibility index (Phi) is 6.59. The first kappa shape index (κ1) is 19.7. The molecule has 0 heterocycles. The molecule has 0 aliphatic rings. The summed E-state index contributed by atoms with van der Waals surface area (Å²) in [5.74, 6) is -0.670. The molecule has 140 valence electrons. The van der Waals surface area contributed by atoms with Gasteiger partial charge in [0.15, 0.2) is 6.54 Å². The van der Waals surface area contributed by atoms with Crippen molar-refractivity contribution < 1.29 is 32.7 Å². The maximum absolute atomic E-state index is 12.1. The van der Waals surface area contributed by atoms with Crippen LogP contribution in [0.15, 0.2) is 54.6 Å². The van der Waals surface area contributed by atoms with Crippen molar-refractivity contribution in [3.05, 3.63) is 60.2 Å². The molecule has 3 N–H and O–H groups in total. The zero-order valence-electron chi connectivity index (χ0n) is 14.1. The number of halogens is 3. The third-order valence-electron chi connectivity index (χ3n) is 3.56. The highest BCUT2D eigenvalue weighted by Crippen LogP contribution is 2.23. The monoisotopic (exact) mass is 369 g/mol. The minimum atomic E-state index is -4.75. The lowest BCUT2D eigenvalue weighted by molar-refractivity contribution is -0.875. The topological polar surface area (TPSA) is 63.0 Å². The Hall–Kier alpha value is -2.58. The van der Waals surface area contributed by atoms with E-state index in [0.29, 0.717) is 12.2 Å². The van der Waals surface area contributed by atoms with Crippen LogP contribution in [0.4, 0.5) is 18.9 Å². The number of carbonyl (C=O) groups excluding carboxylic acids is 1. The van der Waals surface area contributed by atoms with E-state index in [1.807, 2.05) is 30.3 Å². The maximum Gasteiger partial charge on any atom is 0.573 e. The predicted molar refractivity (Wildman–Crippen MR) is 89.8 cm³/mol. The molecule has 1 unspecified atom stereocenters. The number of ether oxygens (including phenoxy) is 1. The second kappa shape index (κ2) is 8.68. The van der Waals surface area contributed by atoms with E-state index < -0.39 is 12.5 Å². The van der Waals surface area contributed by atoms with Crippen LogP contribution in [0, 0.1) is 0 Å². The number of alkyl halides is 3. The number of hydrogen-bond donors (Lipinski definition) is 3. The highest BCUT2D eigenvalue weighted by atomic mass is 19.4. The highest BCUT2D eigenvalue weighted by Gasteiger charge is 2.31. The third kappa shape index (κ3) is 6.73. The van der Waals surface area contributed by atoms with E-state index in [1.165, 1.54) is 12.1 Å². The predicted octanol–water partition coefficient (Wildman–Crippen LogP) is 1.77. The lowest BCUT2D eigenvalue weighted by atomic mass is 10.1. The first-order valence-corrected chi connectivity index (χ1v) is 7.93. The van der Waals surface area contributed by atoms with E-state index in [9.17, 15) is 23.1 Å². The van der Waals surface area contributed by atoms with E-state index in [2.05, 4.69) is 10.1 Å². The van der Waals surface area contributed by atoms with Crippen molar-refractivity contribution in [2.24, 2.45) is 0 Å². The summed E-state index contributed by atoms with van der Waals surface area (Å²) in [5.41, 5.74) is 1.13. The molecule has 0 aromatic heterocycles. The molecule has 1 amide bonds. The second-order valence-electron chi connectivity index (χ2n) is 5.88. The molecule has 5 nitrogen and oxygen atoms in total. The minimum Gasteiger partial charge on any atom is -0.406 e. The first-order valence-electron chi connectivity index (χ1n) is 7.93. The number of nitrogens with one attached hydrogen (secondary N) is 2. The number of rotatable bonds is 7. The Bertz CT molecular complexity index is 706. The van der Waals surface area contributed by atoms with Crippen molar-refractivity contribution in [1.82, 2.24) is 0 Å². The van der Waals surface area contributed by atoms with Crippen molar-refractivity contribution >= 4 is 11.6 Å². The van der Waals surface area contributed by atoms with Gasteiger partial charge in [-0.25, -0.2) is 0 Å². The molecule has 0 aliphatic heterocycles. The van der Waals surface area contributed by atoms with Crippen molar-refractivity contribution in [2.45, 2.75) is 12.5 Å². The standard InChI is InChI=1S/C18H19F3N2O3/c1-23(11-16(24)13-5-3-2-4-6-13)12-17(25)22-14-7-9-15(10-8-14)26-18(19,20)21/h2-10,16,24H,11-12H2,1H3,(H,22,25)/p+1/t16-/m1/s1. The number of anilines is 1.